The van der Waals surface area contributed by atoms with E-state index in [1.54, 1.807) is 20.8 Å². The van der Waals surface area contributed by atoms with Crippen LogP contribution >= 0.6 is 11.8 Å². The van der Waals surface area contributed by atoms with Crippen molar-refractivity contribution in [3.63, 3.8) is 0 Å². The lowest BCUT2D eigenvalue weighted by Gasteiger charge is -2.36. The molecule has 1 saturated heterocycles. The Hall–Kier alpha value is -3.25. The minimum atomic E-state index is -1.28. The van der Waals surface area contributed by atoms with Crippen LogP contribution in [0.5, 0.6) is 11.5 Å². The predicted octanol–water partition coefficient (Wildman–Crippen LogP) is 5.85. The number of nitrogens with one attached hydrogen (secondary N) is 1. The molecule has 2 aromatic rings. The molecule has 0 unspecified atom stereocenters. The monoisotopic (exact) mass is 527 g/mol. The lowest BCUT2D eigenvalue weighted by molar-refractivity contribution is -0.134. The number of rotatable bonds is 8. The van der Waals surface area contributed by atoms with Crippen LogP contribution in [0.15, 0.2) is 54.6 Å². The molecule has 2 aromatic carbocycles. The number of carbonyl (C=O) groups is 2. The first-order valence-corrected chi connectivity index (χ1v) is 13.2. The lowest BCUT2D eigenvalue weighted by Crippen LogP contribution is -2.58. The van der Waals surface area contributed by atoms with E-state index in [2.05, 4.69) is 5.32 Å². The number of carbonyl (C=O) groups excluding carboxylic acids is 2. The fourth-order valence-electron chi connectivity index (χ4n) is 3.95. The molecule has 0 spiro atoms. The van der Waals surface area contributed by atoms with Gasteiger partial charge in [-0.25, -0.2) is 9.18 Å². The van der Waals surface area contributed by atoms with E-state index in [1.807, 2.05) is 74.5 Å². The first-order valence-electron chi connectivity index (χ1n) is 12.2. The number of hydrogen-bond acceptors (Lipinski definition) is 6. The molecule has 1 aliphatic heterocycles. The quantitative estimate of drug-likeness (QED) is 0.463. The van der Waals surface area contributed by atoms with Crippen molar-refractivity contribution < 1.29 is 23.5 Å². The number of alkyl halides is 1. The fraction of sp³-hybridized carbons (Fsp3) is 0.464. The molecule has 1 heterocycles. The molecule has 9 heteroatoms. The highest BCUT2D eigenvalue weighted by Gasteiger charge is 2.45. The molecule has 7 nitrogen and oxygen atoms in total. The SMILES string of the molecule is CC(C)(C)OC(=O)N[C@H](C(=O)N1C[C@@H](F)C[C@H]1C#N)C(C)(C)SCc1cccc(Oc2ccccc2)c1. The Kier molecular flexibility index (Phi) is 9.08. The van der Waals surface area contributed by atoms with Gasteiger partial charge in [0.05, 0.1) is 12.6 Å². The molecule has 1 aliphatic rings. The standard InChI is InChI=1S/C28H34FN3O4S/c1-27(2,3)36-26(34)31-24(25(33)32-17-20(29)15-21(32)16-30)28(4,5)37-18-19-10-9-13-23(14-19)35-22-11-7-6-8-12-22/h6-14,20-21,24H,15,17-18H2,1-5H3,(H,31,34)/t20-,21-,24+/m0/s1. The summed E-state index contributed by atoms with van der Waals surface area (Å²) in [4.78, 5) is 27.5. The van der Waals surface area contributed by atoms with E-state index in [0.717, 1.165) is 11.3 Å². The van der Waals surface area contributed by atoms with E-state index in [4.69, 9.17) is 9.47 Å². The van der Waals surface area contributed by atoms with Gasteiger partial charge in [-0.3, -0.25) is 4.79 Å². The molecule has 37 heavy (non-hydrogen) atoms. The molecule has 198 valence electrons. The highest BCUT2D eigenvalue weighted by Crippen LogP contribution is 2.35. The van der Waals surface area contributed by atoms with Crippen LogP contribution in [0.1, 0.15) is 46.6 Å². The van der Waals surface area contributed by atoms with Gasteiger partial charge in [0.15, 0.2) is 0 Å². The van der Waals surface area contributed by atoms with Crippen molar-refractivity contribution >= 4 is 23.8 Å². The average molecular weight is 528 g/mol. The minimum absolute atomic E-state index is 0.0385. The smallest absolute Gasteiger partial charge is 0.408 e. The zero-order chi connectivity index (χ0) is 27.2. The molecular formula is C28H34FN3O4S. The van der Waals surface area contributed by atoms with Crippen molar-refractivity contribution in [2.45, 2.75) is 75.4 Å². The summed E-state index contributed by atoms with van der Waals surface area (Å²) in [6.45, 7) is 8.69. The number of halogens is 1. The lowest BCUT2D eigenvalue weighted by atomic mass is 10.0. The number of likely N-dealkylation sites (tertiary alicyclic amines) is 1. The number of thioether (sulfide) groups is 1. The summed E-state index contributed by atoms with van der Waals surface area (Å²) < 4.78 is 24.6. The van der Waals surface area contributed by atoms with Crippen molar-refractivity contribution in [1.29, 1.82) is 5.26 Å². The van der Waals surface area contributed by atoms with Crippen LogP contribution in [-0.4, -0.2) is 52.0 Å². The van der Waals surface area contributed by atoms with E-state index in [1.165, 1.54) is 16.7 Å². The number of benzene rings is 2. The summed E-state index contributed by atoms with van der Waals surface area (Å²) in [5.74, 6) is 1.43. The molecule has 0 radical (unpaired) electrons. The number of ether oxygens (including phenoxy) is 2. The third kappa shape index (κ3) is 8.12. The van der Waals surface area contributed by atoms with Gasteiger partial charge in [-0.2, -0.15) is 5.26 Å². The Labute approximate surface area is 222 Å². The number of alkyl carbamates (subject to hydrolysis) is 1. The number of amides is 2. The van der Waals surface area contributed by atoms with E-state index in [0.29, 0.717) is 11.5 Å². The van der Waals surface area contributed by atoms with Gasteiger partial charge in [-0.15, -0.1) is 11.8 Å². The van der Waals surface area contributed by atoms with Crippen LogP contribution in [0.3, 0.4) is 0 Å². The van der Waals surface area contributed by atoms with E-state index in [-0.39, 0.29) is 13.0 Å². The van der Waals surface area contributed by atoms with Gasteiger partial charge < -0.3 is 19.7 Å². The first kappa shape index (κ1) is 28.3. The van der Waals surface area contributed by atoms with Crippen LogP contribution < -0.4 is 10.1 Å². The highest BCUT2D eigenvalue weighted by atomic mass is 32.2. The second kappa shape index (κ2) is 11.9. The molecule has 1 N–H and O–H groups in total. The zero-order valence-corrected chi connectivity index (χ0v) is 22.7. The maximum absolute atomic E-state index is 14.1. The molecule has 0 bridgehead atoms. The number of hydrogen-bond donors (Lipinski definition) is 1. The van der Waals surface area contributed by atoms with Gasteiger partial charge in [-0.05, 0) is 64.4 Å². The summed E-state index contributed by atoms with van der Waals surface area (Å²) in [5, 5.41) is 12.2. The van der Waals surface area contributed by atoms with E-state index in [9.17, 15) is 19.2 Å². The second-order valence-corrected chi connectivity index (χ2v) is 12.1. The van der Waals surface area contributed by atoms with Gasteiger partial charge in [0.2, 0.25) is 5.91 Å². The van der Waals surface area contributed by atoms with Crippen LogP contribution in [0, 0.1) is 11.3 Å². The molecule has 3 atom stereocenters. The molecule has 0 aromatic heterocycles. The molecule has 0 aliphatic carbocycles. The summed E-state index contributed by atoms with van der Waals surface area (Å²) in [6.07, 6.45) is -2.07. The van der Waals surface area contributed by atoms with Crippen LogP contribution in [0.2, 0.25) is 0 Å². The van der Waals surface area contributed by atoms with Gasteiger partial charge in [0.25, 0.3) is 0 Å². The Morgan fingerprint density at radius 1 is 1.14 bits per heavy atom. The maximum atomic E-state index is 14.1. The topological polar surface area (TPSA) is 91.7 Å². The zero-order valence-electron chi connectivity index (χ0n) is 21.9. The Morgan fingerprint density at radius 2 is 1.81 bits per heavy atom. The Bertz CT molecular complexity index is 1130. The van der Waals surface area contributed by atoms with Crippen LogP contribution in [0.4, 0.5) is 9.18 Å². The second-order valence-electron chi connectivity index (χ2n) is 10.5. The molecule has 1 fully saturated rings. The van der Waals surface area contributed by atoms with Crippen molar-refractivity contribution in [2.75, 3.05) is 6.54 Å². The maximum Gasteiger partial charge on any atom is 0.408 e. The molecule has 0 saturated carbocycles. The first-order chi connectivity index (χ1) is 17.4. The van der Waals surface area contributed by atoms with Crippen molar-refractivity contribution in [2.24, 2.45) is 0 Å². The van der Waals surface area contributed by atoms with Gasteiger partial charge >= 0.3 is 6.09 Å². The third-order valence-corrected chi connectivity index (χ3v) is 7.23. The molecule has 3 rings (SSSR count). The van der Waals surface area contributed by atoms with E-state index < -0.39 is 40.6 Å². The average Bonchev–Trinajstić information content (AvgIpc) is 3.21. The number of nitrogens with zero attached hydrogens (tertiary/aromatic N) is 2. The summed E-state index contributed by atoms with van der Waals surface area (Å²) in [7, 11) is 0. The summed E-state index contributed by atoms with van der Waals surface area (Å²) >= 11 is 1.46. The van der Waals surface area contributed by atoms with E-state index >= 15 is 0 Å². The van der Waals surface area contributed by atoms with Crippen molar-refractivity contribution in [1.82, 2.24) is 10.2 Å². The van der Waals surface area contributed by atoms with Crippen LogP contribution in [0.25, 0.3) is 0 Å². The number of nitriles is 1. The van der Waals surface area contributed by atoms with Crippen molar-refractivity contribution in [3.05, 3.63) is 60.2 Å². The highest BCUT2D eigenvalue weighted by molar-refractivity contribution is 7.99. The normalized spacial score (nSPS) is 18.6. The third-order valence-electron chi connectivity index (χ3n) is 5.77. The van der Waals surface area contributed by atoms with Gasteiger partial charge in [-0.1, -0.05) is 30.3 Å². The number of para-hydroxylation sites is 1. The summed E-state index contributed by atoms with van der Waals surface area (Å²) in [6, 6.07) is 17.2. The van der Waals surface area contributed by atoms with Crippen molar-refractivity contribution in [3.8, 4) is 17.6 Å². The fourth-order valence-corrected chi connectivity index (χ4v) is 5.00. The largest absolute Gasteiger partial charge is 0.457 e. The van der Waals surface area contributed by atoms with Gasteiger partial charge in [0.1, 0.15) is 35.4 Å². The minimum Gasteiger partial charge on any atom is -0.457 e. The Balaban J connectivity index is 1.77. The van der Waals surface area contributed by atoms with Gasteiger partial charge in [0, 0.05) is 16.9 Å². The molecular weight excluding hydrogens is 493 g/mol. The Morgan fingerprint density at radius 3 is 2.46 bits per heavy atom. The predicted molar refractivity (Wildman–Crippen MR) is 142 cm³/mol. The summed E-state index contributed by atoms with van der Waals surface area (Å²) in [5.41, 5.74) is 0.205. The van der Waals surface area contributed by atoms with Crippen LogP contribution in [-0.2, 0) is 15.3 Å². The molecule has 2 amide bonds.